The van der Waals surface area contributed by atoms with Gasteiger partial charge in [0.15, 0.2) is 0 Å². The largest absolute Gasteiger partial charge is 0.508 e. The summed E-state index contributed by atoms with van der Waals surface area (Å²) in [6.07, 6.45) is 13.6. The zero-order chi connectivity index (χ0) is 48.9. The molecule has 0 aliphatic carbocycles. The van der Waals surface area contributed by atoms with Crippen molar-refractivity contribution < 1.29 is 39.3 Å². The van der Waals surface area contributed by atoms with Crippen LogP contribution in [0.3, 0.4) is 0 Å². The first kappa shape index (κ1) is 63.0. The molecule has 63 heavy (non-hydrogen) atoms. The highest BCUT2D eigenvalue weighted by Crippen LogP contribution is 2.31. The molecule has 11 nitrogen and oxygen atoms in total. The smallest absolute Gasteiger partial charge is 0.304 e. The number of benzene rings is 1. The van der Waals surface area contributed by atoms with Crippen molar-refractivity contribution in [3.05, 3.63) is 48.2 Å². The Kier molecular flexibility index (Phi) is 28.5. The Bertz CT molecular complexity index is 1770. The minimum atomic E-state index is -0.912. The normalized spacial score (nSPS) is 12.5. The van der Waals surface area contributed by atoms with Crippen molar-refractivity contribution in [3.8, 4) is 5.75 Å². The molecular weight excluding hydrogens is 795 g/mol. The fraction of sp³-hybridized carbons (Fsp3) is 0.692. The number of ketones is 3. The highest BCUT2D eigenvalue weighted by atomic mass is 16.4. The van der Waals surface area contributed by atoms with Gasteiger partial charge in [-0.2, -0.15) is 0 Å². The van der Waals surface area contributed by atoms with Gasteiger partial charge in [-0.1, -0.05) is 111 Å². The van der Waals surface area contributed by atoms with Crippen molar-refractivity contribution in [1.82, 2.24) is 15.0 Å². The molecule has 0 amide bonds. The van der Waals surface area contributed by atoms with E-state index in [1.54, 1.807) is 19.3 Å². The van der Waals surface area contributed by atoms with E-state index >= 15 is 0 Å². The molecule has 11 heteroatoms. The van der Waals surface area contributed by atoms with E-state index in [-0.39, 0.29) is 54.5 Å². The molecule has 2 aromatic heterocycles. The average molecular weight is 886 g/mol. The number of phenols is 1. The molecule has 0 aliphatic heterocycles. The van der Waals surface area contributed by atoms with Crippen molar-refractivity contribution in [2.75, 3.05) is 0 Å². The van der Waals surface area contributed by atoms with E-state index in [1.807, 2.05) is 59.9 Å². The fourth-order valence-electron chi connectivity index (χ4n) is 6.43. The molecule has 0 spiro atoms. The van der Waals surface area contributed by atoms with Crippen LogP contribution in [0.2, 0.25) is 0 Å². The lowest BCUT2D eigenvalue weighted by Gasteiger charge is -2.27. The summed E-state index contributed by atoms with van der Waals surface area (Å²) >= 11 is 0. The molecule has 0 aliphatic rings. The molecule has 0 fully saturated rings. The number of aromatic hydroxyl groups is 1. The van der Waals surface area contributed by atoms with E-state index in [4.69, 9.17) is 10.2 Å². The zero-order valence-corrected chi connectivity index (χ0v) is 42.0. The lowest BCUT2D eigenvalue weighted by molar-refractivity contribution is -0.142. The lowest BCUT2D eigenvalue weighted by Crippen LogP contribution is -2.29. The summed E-state index contributed by atoms with van der Waals surface area (Å²) in [7, 11) is 0. The van der Waals surface area contributed by atoms with Crippen LogP contribution in [0, 0.1) is 38.9 Å². The van der Waals surface area contributed by atoms with Crippen molar-refractivity contribution in [2.45, 2.75) is 196 Å². The van der Waals surface area contributed by atoms with Gasteiger partial charge in [0, 0.05) is 53.7 Å². The fourth-order valence-corrected chi connectivity index (χ4v) is 6.43. The quantitative estimate of drug-likeness (QED) is 0.105. The van der Waals surface area contributed by atoms with Crippen molar-refractivity contribution >= 4 is 40.2 Å². The molecular formula is C52H91N3O8. The Morgan fingerprint density at radius 3 is 1.51 bits per heavy atom. The molecule has 3 aromatic rings. The number of imidazole rings is 1. The minimum Gasteiger partial charge on any atom is -0.508 e. The average Bonchev–Trinajstić information content (AvgIpc) is 3.74. The maximum absolute atomic E-state index is 11.2. The van der Waals surface area contributed by atoms with Crippen molar-refractivity contribution in [1.29, 1.82) is 0 Å². The number of carboxylic acids is 2. The van der Waals surface area contributed by atoms with Crippen LogP contribution in [-0.4, -0.2) is 59.6 Å². The number of rotatable bonds is 14. The van der Waals surface area contributed by atoms with E-state index in [1.165, 1.54) is 31.5 Å². The van der Waals surface area contributed by atoms with Crippen LogP contribution in [0.5, 0.6) is 5.75 Å². The molecule has 0 saturated carbocycles. The molecule has 1 aromatic carbocycles. The van der Waals surface area contributed by atoms with Crippen molar-refractivity contribution in [3.63, 3.8) is 0 Å². The van der Waals surface area contributed by atoms with Gasteiger partial charge in [0.1, 0.15) is 23.1 Å². The first-order valence-electron chi connectivity index (χ1n) is 22.2. The molecule has 2 heterocycles. The second-order valence-corrected chi connectivity index (χ2v) is 22.4. The first-order chi connectivity index (χ1) is 27.9. The number of carbonyl (C=O) groups excluding carboxylic acids is 3. The number of carbonyl (C=O) groups is 5. The second kappa shape index (κ2) is 28.5. The van der Waals surface area contributed by atoms with Gasteiger partial charge in [-0.25, -0.2) is 4.98 Å². The van der Waals surface area contributed by atoms with Gasteiger partial charge in [0.05, 0.1) is 12.7 Å². The Balaban J connectivity index is -0.000000719. The highest BCUT2D eigenvalue weighted by Gasteiger charge is 2.30. The first-order valence-corrected chi connectivity index (χ1v) is 22.2. The maximum Gasteiger partial charge on any atom is 0.304 e. The predicted molar refractivity (Wildman–Crippen MR) is 261 cm³/mol. The molecule has 362 valence electrons. The number of hydrogen-bond donors (Lipinski definition) is 5. The maximum atomic E-state index is 11.2. The van der Waals surface area contributed by atoms with E-state index in [9.17, 15) is 29.1 Å². The second-order valence-electron chi connectivity index (χ2n) is 22.4. The number of hydrogen-bond acceptors (Lipinski definition) is 7. The molecule has 0 bridgehead atoms. The summed E-state index contributed by atoms with van der Waals surface area (Å²) in [6.45, 7) is 36.2. The Hall–Kier alpha value is -4.28. The number of carboxylic acid groups (broad SMARTS) is 2. The van der Waals surface area contributed by atoms with Crippen LogP contribution in [-0.2, 0) is 36.8 Å². The van der Waals surface area contributed by atoms with Gasteiger partial charge in [0.2, 0.25) is 0 Å². The van der Waals surface area contributed by atoms with Gasteiger partial charge < -0.3 is 30.1 Å². The third-order valence-corrected chi connectivity index (χ3v) is 10.1. The third-order valence-electron chi connectivity index (χ3n) is 10.1. The van der Waals surface area contributed by atoms with Crippen LogP contribution < -0.4 is 0 Å². The van der Waals surface area contributed by atoms with Gasteiger partial charge in [-0.05, 0) is 117 Å². The lowest BCUT2D eigenvalue weighted by atomic mass is 9.76. The summed E-state index contributed by atoms with van der Waals surface area (Å²) in [4.78, 5) is 63.9. The Morgan fingerprint density at radius 1 is 0.651 bits per heavy atom. The highest BCUT2D eigenvalue weighted by molar-refractivity contribution is 5.85. The van der Waals surface area contributed by atoms with Gasteiger partial charge in [-0.15, -0.1) is 0 Å². The standard InChI is InChI=1S/C14H19NO.C10H18O3.C9H16N2.C9H16O3.C9H18O.CH4/c1-14(2,3)7-6-10-9-15-13-5-4-11(16)8-12(10)13;1-7(11)8(10(2,3)4)5-6-9(12)13;1-9(2,3)5-4-8-6-10-7-11-8;1-6(10)7(5-8(11)12)9(2,3)4;1-8(10)6-5-7-9(2,3)4;/h4-5,8-9,15-16H,6-7H2,1-3H3;8H,5-6H2,1-4H3,(H,12,13);6-7H,4-5H2,1-3H3,(H,10,11);7H,5H2,1-4H3,(H,11,12);5-7H2,1-4H3;1H4. The number of aryl methyl sites for hydroxylation is 2. The SMILES string of the molecule is C.CC(=O)C(CC(=O)O)C(C)(C)C.CC(=O)C(CCC(=O)O)C(C)(C)C.CC(=O)CCCC(C)(C)C.CC(C)(C)CCc1c[nH]c2ccc(O)cc12.CC(C)(C)CCc1cnc[nH]1. The van der Waals surface area contributed by atoms with Crippen LogP contribution in [0.25, 0.3) is 10.9 Å². The van der Waals surface area contributed by atoms with E-state index < -0.39 is 11.9 Å². The van der Waals surface area contributed by atoms with Crippen LogP contribution in [0.1, 0.15) is 195 Å². The zero-order valence-electron chi connectivity index (χ0n) is 42.0. The van der Waals surface area contributed by atoms with E-state index in [0.29, 0.717) is 34.2 Å². The Labute approximate surface area is 382 Å². The van der Waals surface area contributed by atoms with E-state index in [0.717, 1.165) is 49.4 Å². The molecule has 3 rings (SSSR count). The minimum absolute atomic E-state index is 0. The summed E-state index contributed by atoms with van der Waals surface area (Å²) in [6, 6.07) is 5.47. The number of phenolic OH excluding ortho intramolecular Hbond substituents is 1. The molecule has 5 N–H and O–H groups in total. The van der Waals surface area contributed by atoms with Crippen LogP contribution in [0.15, 0.2) is 36.9 Å². The van der Waals surface area contributed by atoms with Crippen LogP contribution >= 0.6 is 0 Å². The third kappa shape index (κ3) is 33.9. The van der Waals surface area contributed by atoms with Gasteiger partial charge in [-0.3, -0.25) is 19.2 Å². The predicted octanol–water partition coefficient (Wildman–Crippen LogP) is 13.5. The van der Waals surface area contributed by atoms with E-state index in [2.05, 4.69) is 83.5 Å². The molecule has 2 unspecified atom stereocenters. The van der Waals surface area contributed by atoms with Gasteiger partial charge >= 0.3 is 11.9 Å². The molecule has 0 saturated heterocycles. The van der Waals surface area contributed by atoms with Gasteiger partial charge in [0.25, 0.3) is 0 Å². The number of aromatic amines is 2. The Morgan fingerprint density at radius 2 is 1.14 bits per heavy atom. The number of Topliss-reactive ketones (excluding diaryl/α,β-unsaturated/α-hetero) is 3. The topological polar surface area (TPSA) is 191 Å². The number of nitrogens with zero attached hydrogens (tertiary/aromatic N) is 1. The summed E-state index contributed by atoms with van der Waals surface area (Å²) in [5.74, 6) is -1.61. The number of fused-ring (bicyclic) bond motifs is 1. The number of aliphatic carboxylic acids is 2. The number of H-pyrrole nitrogens is 2. The van der Waals surface area contributed by atoms with Crippen molar-refractivity contribution in [2.24, 2.45) is 38.9 Å². The summed E-state index contributed by atoms with van der Waals surface area (Å²) in [5, 5.41) is 27.7. The van der Waals surface area contributed by atoms with Crippen LogP contribution in [0.4, 0.5) is 0 Å². The molecule has 0 radical (unpaired) electrons. The summed E-state index contributed by atoms with van der Waals surface area (Å²) < 4.78 is 0. The monoisotopic (exact) mass is 886 g/mol. The number of nitrogens with one attached hydrogen (secondary N) is 2. The molecule has 2 atom stereocenters. The summed E-state index contributed by atoms with van der Waals surface area (Å²) in [5.41, 5.74) is 4.38. The number of aromatic nitrogens is 3.